The standard InChI is InChI=1S/C11H16N6/c1-16-10(5-6-13-16)11-9(14-15-17(11)2)7-12-8-3-4-8/h5-6,8,12H,3-4,7H2,1-2H3. The second-order valence-electron chi connectivity index (χ2n) is 4.50. The Bertz CT molecular complexity index is 522. The third-order valence-electron chi connectivity index (χ3n) is 3.10. The Kier molecular flexibility index (Phi) is 2.44. The molecule has 0 aromatic carbocycles. The van der Waals surface area contributed by atoms with E-state index < -0.39 is 0 Å². The summed E-state index contributed by atoms with van der Waals surface area (Å²) in [6.07, 6.45) is 4.35. The molecule has 1 aliphatic rings. The van der Waals surface area contributed by atoms with Gasteiger partial charge in [-0.25, -0.2) is 4.68 Å². The van der Waals surface area contributed by atoms with Crippen molar-refractivity contribution in [1.82, 2.24) is 30.1 Å². The van der Waals surface area contributed by atoms with Crippen molar-refractivity contribution >= 4 is 0 Å². The Morgan fingerprint density at radius 3 is 2.82 bits per heavy atom. The van der Waals surface area contributed by atoms with Crippen molar-refractivity contribution in [3.63, 3.8) is 0 Å². The lowest BCUT2D eigenvalue weighted by Crippen LogP contribution is -2.16. The third-order valence-corrected chi connectivity index (χ3v) is 3.10. The molecular weight excluding hydrogens is 216 g/mol. The van der Waals surface area contributed by atoms with Crippen molar-refractivity contribution in [2.75, 3.05) is 0 Å². The van der Waals surface area contributed by atoms with E-state index in [0.717, 1.165) is 23.6 Å². The fourth-order valence-corrected chi connectivity index (χ4v) is 1.97. The first-order valence-electron chi connectivity index (χ1n) is 5.86. The predicted octanol–water partition coefficient (Wildman–Crippen LogP) is 0.468. The minimum absolute atomic E-state index is 0.677. The quantitative estimate of drug-likeness (QED) is 0.832. The Balaban J connectivity index is 1.91. The maximum absolute atomic E-state index is 4.22. The summed E-state index contributed by atoms with van der Waals surface area (Å²) in [7, 11) is 3.84. The van der Waals surface area contributed by atoms with Gasteiger partial charge in [0.05, 0.1) is 5.69 Å². The maximum Gasteiger partial charge on any atom is 0.111 e. The van der Waals surface area contributed by atoms with E-state index in [2.05, 4.69) is 20.7 Å². The highest BCUT2D eigenvalue weighted by Crippen LogP contribution is 2.23. The lowest BCUT2D eigenvalue weighted by atomic mass is 10.2. The van der Waals surface area contributed by atoms with E-state index in [1.54, 1.807) is 10.9 Å². The molecule has 2 aromatic rings. The molecular formula is C11H16N6. The average molecular weight is 232 g/mol. The summed E-state index contributed by atoms with van der Waals surface area (Å²) in [5, 5.41) is 16.0. The van der Waals surface area contributed by atoms with Gasteiger partial charge in [0.2, 0.25) is 0 Å². The van der Waals surface area contributed by atoms with Crippen LogP contribution in [0.4, 0.5) is 0 Å². The van der Waals surface area contributed by atoms with Gasteiger partial charge in [0, 0.05) is 32.9 Å². The minimum atomic E-state index is 0.677. The monoisotopic (exact) mass is 232 g/mol. The highest BCUT2D eigenvalue weighted by atomic mass is 15.4. The summed E-state index contributed by atoms with van der Waals surface area (Å²) in [6, 6.07) is 2.66. The van der Waals surface area contributed by atoms with E-state index in [4.69, 9.17) is 0 Å². The lowest BCUT2D eigenvalue weighted by molar-refractivity contribution is 0.669. The highest BCUT2D eigenvalue weighted by Gasteiger charge is 2.22. The summed E-state index contributed by atoms with van der Waals surface area (Å²) in [5.74, 6) is 0. The van der Waals surface area contributed by atoms with Crippen molar-refractivity contribution in [3.05, 3.63) is 18.0 Å². The zero-order chi connectivity index (χ0) is 11.8. The van der Waals surface area contributed by atoms with E-state index in [-0.39, 0.29) is 0 Å². The summed E-state index contributed by atoms with van der Waals surface area (Å²) in [4.78, 5) is 0. The van der Waals surface area contributed by atoms with Gasteiger partial charge in [0.1, 0.15) is 11.4 Å². The van der Waals surface area contributed by atoms with Crippen LogP contribution < -0.4 is 5.32 Å². The SMILES string of the molecule is Cn1nccc1-c1c(CNC2CC2)nnn1C. The van der Waals surface area contributed by atoms with Gasteiger partial charge in [-0.1, -0.05) is 5.21 Å². The van der Waals surface area contributed by atoms with Gasteiger partial charge in [0.25, 0.3) is 0 Å². The summed E-state index contributed by atoms with van der Waals surface area (Å²) in [5.41, 5.74) is 3.08. The molecule has 0 bridgehead atoms. The highest BCUT2D eigenvalue weighted by molar-refractivity contribution is 5.57. The van der Waals surface area contributed by atoms with Crippen molar-refractivity contribution in [2.24, 2.45) is 14.1 Å². The van der Waals surface area contributed by atoms with Crippen LogP contribution in [0.2, 0.25) is 0 Å². The smallest absolute Gasteiger partial charge is 0.111 e. The number of nitrogens with one attached hydrogen (secondary N) is 1. The summed E-state index contributed by atoms with van der Waals surface area (Å²) in [6.45, 7) is 0.777. The number of nitrogens with zero attached hydrogens (tertiary/aromatic N) is 5. The van der Waals surface area contributed by atoms with Crippen LogP contribution in [-0.2, 0) is 20.6 Å². The largest absolute Gasteiger partial charge is 0.308 e. The molecule has 0 unspecified atom stereocenters. The maximum atomic E-state index is 4.22. The third kappa shape index (κ3) is 1.95. The van der Waals surface area contributed by atoms with Crippen LogP contribution in [0.5, 0.6) is 0 Å². The number of hydrogen-bond acceptors (Lipinski definition) is 4. The molecule has 0 saturated heterocycles. The molecule has 2 heterocycles. The van der Waals surface area contributed by atoms with E-state index in [1.807, 2.05) is 24.8 Å². The summed E-state index contributed by atoms with van der Waals surface area (Å²) >= 11 is 0. The molecule has 1 fully saturated rings. The first-order chi connectivity index (χ1) is 8.25. The Morgan fingerprint density at radius 2 is 2.18 bits per heavy atom. The molecule has 1 aliphatic carbocycles. The number of aryl methyl sites for hydroxylation is 2. The first kappa shape index (κ1) is 10.5. The van der Waals surface area contributed by atoms with Crippen LogP contribution >= 0.6 is 0 Å². The van der Waals surface area contributed by atoms with Gasteiger partial charge in [-0.2, -0.15) is 5.10 Å². The lowest BCUT2D eigenvalue weighted by Gasteiger charge is -2.05. The van der Waals surface area contributed by atoms with Crippen LogP contribution in [0, 0.1) is 0 Å². The van der Waals surface area contributed by atoms with Gasteiger partial charge < -0.3 is 5.32 Å². The molecule has 90 valence electrons. The van der Waals surface area contributed by atoms with Gasteiger partial charge in [-0.05, 0) is 18.9 Å². The average Bonchev–Trinajstić information content (AvgIpc) is 2.95. The van der Waals surface area contributed by atoms with Gasteiger partial charge >= 0.3 is 0 Å². The Hall–Kier alpha value is -1.69. The van der Waals surface area contributed by atoms with E-state index in [9.17, 15) is 0 Å². The van der Waals surface area contributed by atoms with Gasteiger partial charge in [0.15, 0.2) is 0 Å². The molecule has 6 nitrogen and oxygen atoms in total. The van der Waals surface area contributed by atoms with Crippen LogP contribution in [0.3, 0.4) is 0 Å². The molecule has 2 aromatic heterocycles. The second kappa shape index (κ2) is 3.96. The van der Waals surface area contributed by atoms with E-state index >= 15 is 0 Å². The Morgan fingerprint density at radius 1 is 1.35 bits per heavy atom. The van der Waals surface area contributed by atoms with Crippen LogP contribution in [-0.4, -0.2) is 30.8 Å². The van der Waals surface area contributed by atoms with Gasteiger partial charge in [-0.3, -0.25) is 4.68 Å². The fraction of sp³-hybridized carbons (Fsp3) is 0.545. The predicted molar refractivity (Wildman–Crippen MR) is 63.1 cm³/mol. The fourth-order valence-electron chi connectivity index (χ4n) is 1.97. The second-order valence-corrected chi connectivity index (χ2v) is 4.50. The molecule has 3 rings (SSSR count). The molecule has 17 heavy (non-hydrogen) atoms. The zero-order valence-corrected chi connectivity index (χ0v) is 10.1. The molecule has 1 saturated carbocycles. The van der Waals surface area contributed by atoms with E-state index in [0.29, 0.717) is 6.04 Å². The van der Waals surface area contributed by atoms with Crippen molar-refractivity contribution < 1.29 is 0 Å². The number of rotatable bonds is 4. The number of hydrogen-bond donors (Lipinski definition) is 1. The molecule has 0 atom stereocenters. The van der Waals surface area contributed by atoms with Crippen LogP contribution in [0.1, 0.15) is 18.5 Å². The molecule has 6 heteroatoms. The topological polar surface area (TPSA) is 60.6 Å². The van der Waals surface area contributed by atoms with Crippen LogP contribution in [0.25, 0.3) is 11.4 Å². The van der Waals surface area contributed by atoms with Crippen molar-refractivity contribution in [2.45, 2.75) is 25.4 Å². The molecule has 0 amide bonds. The minimum Gasteiger partial charge on any atom is -0.308 e. The van der Waals surface area contributed by atoms with E-state index in [1.165, 1.54) is 12.8 Å². The Labute approximate surface area is 99.6 Å². The molecule has 0 radical (unpaired) electrons. The van der Waals surface area contributed by atoms with Crippen molar-refractivity contribution in [3.8, 4) is 11.4 Å². The van der Waals surface area contributed by atoms with Crippen LogP contribution in [0.15, 0.2) is 12.3 Å². The summed E-state index contributed by atoms with van der Waals surface area (Å²) < 4.78 is 3.65. The number of aromatic nitrogens is 5. The molecule has 1 N–H and O–H groups in total. The van der Waals surface area contributed by atoms with Gasteiger partial charge in [-0.15, -0.1) is 5.10 Å². The van der Waals surface area contributed by atoms with Crippen molar-refractivity contribution in [1.29, 1.82) is 0 Å². The molecule has 0 aliphatic heterocycles. The zero-order valence-electron chi connectivity index (χ0n) is 10.1. The molecule has 0 spiro atoms. The first-order valence-corrected chi connectivity index (χ1v) is 5.86. The normalized spacial score (nSPS) is 15.4.